The molecule has 0 radical (unpaired) electrons. The Morgan fingerprint density at radius 2 is 0.790 bits per heavy atom. The topological polar surface area (TPSA) is 3.24 Å². The van der Waals surface area contributed by atoms with Crippen molar-refractivity contribution in [1.29, 1.82) is 0 Å². The molecule has 3 aliphatic rings. The molecule has 0 heterocycles. The Hall–Kier alpha value is -4.88. The summed E-state index contributed by atoms with van der Waals surface area (Å²) in [4.78, 5) is 2.62. The van der Waals surface area contributed by atoms with Crippen molar-refractivity contribution in [3.05, 3.63) is 159 Å². The Balaban J connectivity index is 1.35. The van der Waals surface area contributed by atoms with E-state index in [2.05, 4.69) is 233 Å². The van der Waals surface area contributed by atoms with E-state index in [0.717, 1.165) is 0 Å². The Kier molecular flexibility index (Phi) is 8.96. The lowest BCUT2D eigenvalue weighted by Gasteiger charge is -2.33. The highest BCUT2D eigenvalue weighted by molar-refractivity contribution is 5.97. The molecule has 6 aromatic rings. The van der Waals surface area contributed by atoms with Gasteiger partial charge in [-0.15, -0.1) is 0 Å². The van der Waals surface area contributed by atoms with E-state index in [-0.39, 0.29) is 37.9 Å². The minimum Gasteiger partial charge on any atom is -0.310 e. The largest absolute Gasteiger partial charge is 0.310 e. The van der Waals surface area contributed by atoms with Gasteiger partial charge in [0.25, 0.3) is 0 Å². The summed E-state index contributed by atoms with van der Waals surface area (Å²) in [5, 5.41) is 0. The van der Waals surface area contributed by atoms with Gasteiger partial charge in [-0.05, 0) is 135 Å². The van der Waals surface area contributed by atoms with Crippen LogP contribution in [-0.4, -0.2) is 0 Å². The summed E-state index contributed by atoms with van der Waals surface area (Å²) < 4.78 is 0. The molecule has 0 spiro atoms. The summed E-state index contributed by atoms with van der Waals surface area (Å²) in [5.74, 6) is 0. The number of nitrogens with zero attached hydrogens (tertiary/aromatic N) is 1. The molecule has 0 N–H and O–H groups in total. The second kappa shape index (κ2) is 13.1. The van der Waals surface area contributed by atoms with Crippen LogP contribution >= 0.6 is 0 Å². The van der Waals surface area contributed by atoms with Crippen molar-refractivity contribution in [2.75, 3.05) is 4.90 Å². The Bertz CT molecular complexity index is 2840. The lowest BCUT2D eigenvalue weighted by Crippen LogP contribution is -2.25. The summed E-state index contributed by atoms with van der Waals surface area (Å²) in [6.07, 6.45) is 0. The number of rotatable bonds is 3. The molecule has 9 rings (SSSR count). The van der Waals surface area contributed by atoms with Gasteiger partial charge in [0.05, 0.1) is 5.69 Å². The molecule has 0 atom stereocenters. The lowest BCUT2D eigenvalue weighted by atomic mass is 9.71. The van der Waals surface area contributed by atoms with E-state index in [0.29, 0.717) is 0 Å². The number of hydrogen-bond donors (Lipinski definition) is 0. The van der Waals surface area contributed by atoms with Gasteiger partial charge in [0, 0.05) is 33.2 Å². The van der Waals surface area contributed by atoms with Crippen LogP contribution in [0.5, 0.6) is 0 Å². The molecular weight excluding hydrogens is 747 g/mol. The predicted molar refractivity (Wildman–Crippen MR) is 269 cm³/mol. The van der Waals surface area contributed by atoms with Crippen LogP contribution in [-0.2, 0) is 37.9 Å². The fourth-order valence-corrected chi connectivity index (χ4v) is 11.6. The smallest absolute Gasteiger partial charge is 0.0543 e. The minimum absolute atomic E-state index is 0.00305. The second-order valence-corrected chi connectivity index (χ2v) is 24.8. The van der Waals surface area contributed by atoms with Crippen LogP contribution in [0.3, 0.4) is 0 Å². The van der Waals surface area contributed by atoms with Crippen LogP contribution in [0.1, 0.15) is 180 Å². The van der Waals surface area contributed by atoms with Gasteiger partial charge in [0.2, 0.25) is 0 Å². The van der Waals surface area contributed by atoms with Gasteiger partial charge < -0.3 is 4.90 Å². The molecule has 0 unspecified atom stereocenters. The van der Waals surface area contributed by atoms with Crippen LogP contribution in [0.4, 0.5) is 17.1 Å². The van der Waals surface area contributed by atoms with E-state index >= 15 is 0 Å². The molecule has 0 fully saturated rings. The van der Waals surface area contributed by atoms with E-state index < -0.39 is 0 Å². The molecule has 320 valence electrons. The monoisotopic (exact) mass is 818 g/mol. The molecule has 0 saturated carbocycles. The fourth-order valence-electron chi connectivity index (χ4n) is 11.6. The highest BCUT2D eigenvalue weighted by Crippen LogP contribution is 2.60. The van der Waals surface area contributed by atoms with Crippen molar-refractivity contribution in [1.82, 2.24) is 0 Å². The van der Waals surface area contributed by atoms with E-state index in [4.69, 9.17) is 0 Å². The van der Waals surface area contributed by atoms with E-state index in [1.807, 2.05) is 0 Å². The summed E-state index contributed by atoms with van der Waals surface area (Å²) in [6, 6.07) is 41.0. The Morgan fingerprint density at radius 1 is 0.355 bits per heavy atom. The summed E-state index contributed by atoms with van der Waals surface area (Å²) in [5.41, 5.74) is 25.6. The number of benzene rings is 6. The predicted octanol–water partition coefficient (Wildman–Crippen LogP) is 17.3. The molecule has 0 aromatic heterocycles. The van der Waals surface area contributed by atoms with E-state index in [1.54, 1.807) is 0 Å². The highest BCUT2D eigenvalue weighted by atomic mass is 15.1. The first-order valence-electron chi connectivity index (χ1n) is 23.3. The van der Waals surface area contributed by atoms with Crippen molar-refractivity contribution in [3.8, 4) is 33.4 Å². The van der Waals surface area contributed by atoms with Gasteiger partial charge in [0.1, 0.15) is 0 Å². The van der Waals surface area contributed by atoms with Crippen LogP contribution in [0.15, 0.2) is 103 Å². The van der Waals surface area contributed by atoms with Crippen molar-refractivity contribution in [2.45, 2.75) is 163 Å². The first-order chi connectivity index (χ1) is 28.6. The van der Waals surface area contributed by atoms with Crippen LogP contribution < -0.4 is 4.90 Å². The lowest BCUT2D eigenvalue weighted by molar-refractivity contribution is 0.545. The van der Waals surface area contributed by atoms with Gasteiger partial charge in [-0.1, -0.05) is 197 Å². The Morgan fingerprint density at radius 3 is 1.32 bits per heavy atom. The number of hydrogen-bond acceptors (Lipinski definition) is 1. The molecular formula is C61H71N. The highest BCUT2D eigenvalue weighted by Gasteiger charge is 2.45. The maximum Gasteiger partial charge on any atom is 0.0543 e. The van der Waals surface area contributed by atoms with Gasteiger partial charge in [-0.25, -0.2) is 0 Å². The van der Waals surface area contributed by atoms with Crippen molar-refractivity contribution in [3.63, 3.8) is 0 Å². The molecule has 1 heteroatoms. The SMILES string of the molecule is CC(C)(C)c1cc2c(c(C(C)(C)C)c1)C(C)(C)c1cc(N(c3ccc4c(c3)C(C)(C)c3ccccc3-4)c3cccc4c3-c3cc(C(C)(C)C)cc(C(C)(C)C)c3C4(C)C)ccc1-2. The first kappa shape index (κ1) is 42.4. The zero-order chi connectivity index (χ0) is 45.1. The number of fused-ring (bicyclic) bond motifs is 9. The third-order valence-corrected chi connectivity index (χ3v) is 15.2. The first-order valence-corrected chi connectivity index (χ1v) is 23.3. The maximum atomic E-state index is 2.62. The normalized spacial score (nSPS) is 16.6. The summed E-state index contributed by atoms with van der Waals surface area (Å²) in [7, 11) is 0. The standard InChI is InChI=1S/C61H71N/c1-55(2,3)36-30-43-42-29-27-39(35-48(42)61(17,18)53(43)49(32-36)57(7,8)9)62(38-26-28-41-40-22-19-20-23-45(40)59(13,14)47(41)34-38)51-25-21-24-46-52(51)44-31-37(56(4,5)6)33-50(58(10,11)12)54(44)60(46,15)16/h19-35H,1-18H3. The fraction of sp³-hybridized carbons (Fsp3) is 0.410. The van der Waals surface area contributed by atoms with Crippen LogP contribution in [0.2, 0.25) is 0 Å². The Labute approximate surface area is 375 Å². The van der Waals surface area contributed by atoms with Gasteiger partial charge in [-0.3, -0.25) is 0 Å². The maximum absolute atomic E-state index is 2.62. The number of anilines is 3. The van der Waals surface area contributed by atoms with Crippen LogP contribution in [0, 0.1) is 0 Å². The zero-order valence-electron chi connectivity index (χ0n) is 41.3. The third kappa shape index (κ3) is 6.14. The van der Waals surface area contributed by atoms with E-state index in [1.165, 1.54) is 106 Å². The third-order valence-electron chi connectivity index (χ3n) is 15.2. The van der Waals surface area contributed by atoms with E-state index in [9.17, 15) is 0 Å². The molecule has 0 saturated heterocycles. The molecule has 62 heavy (non-hydrogen) atoms. The van der Waals surface area contributed by atoms with Gasteiger partial charge in [0.15, 0.2) is 0 Å². The average molecular weight is 818 g/mol. The molecule has 0 bridgehead atoms. The molecule has 0 aliphatic heterocycles. The molecule has 3 aliphatic carbocycles. The quantitative estimate of drug-likeness (QED) is 0.172. The molecule has 1 nitrogen and oxygen atoms in total. The van der Waals surface area contributed by atoms with Crippen molar-refractivity contribution >= 4 is 17.1 Å². The second-order valence-electron chi connectivity index (χ2n) is 24.8. The zero-order valence-corrected chi connectivity index (χ0v) is 41.3. The van der Waals surface area contributed by atoms with Crippen molar-refractivity contribution in [2.24, 2.45) is 0 Å². The van der Waals surface area contributed by atoms with Gasteiger partial charge >= 0.3 is 0 Å². The van der Waals surface area contributed by atoms with Gasteiger partial charge in [-0.2, -0.15) is 0 Å². The van der Waals surface area contributed by atoms with Crippen molar-refractivity contribution < 1.29 is 0 Å². The summed E-state index contributed by atoms with van der Waals surface area (Å²) >= 11 is 0. The van der Waals surface area contributed by atoms with Crippen LogP contribution in [0.25, 0.3) is 33.4 Å². The molecule has 0 amide bonds. The molecule has 6 aromatic carbocycles. The minimum atomic E-state index is -0.191. The average Bonchev–Trinajstić information content (AvgIpc) is 3.65. The summed E-state index contributed by atoms with van der Waals surface area (Å²) in [6.45, 7) is 43.2.